The van der Waals surface area contributed by atoms with Crippen molar-refractivity contribution in [3.8, 4) is 0 Å². The van der Waals surface area contributed by atoms with E-state index in [2.05, 4.69) is 12.2 Å². The molecule has 5 nitrogen and oxygen atoms in total. The lowest BCUT2D eigenvalue weighted by molar-refractivity contribution is -0.204. The lowest BCUT2D eigenvalue weighted by Gasteiger charge is -2.64. The summed E-state index contributed by atoms with van der Waals surface area (Å²) < 4.78 is 23.2. The number of rotatable bonds is 6. The lowest BCUT2D eigenvalue weighted by Crippen LogP contribution is -2.63. The molecule has 1 amide bonds. The predicted octanol–water partition coefficient (Wildman–Crippen LogP) is 1.65. The zero-order chi connectivity index (χ0) is 16.9. The van der Waals surface area contributed by atoms with Crippen molar-refractivity contribution in [3.63, 3.8) is 0 Å². The second-order valence-electron chi connectivity index (χ2n) is 8.36. The summed E-state index contributed by atoms with van der Waals surface area (Å²) >= 11 is 0. The first-order valence-electron chi connectivity index (χ1n) is 8.87. The van der Waals surface area contributed by atoms with Crippen LogP contribution in [-0.4, -0.2) is 43.1 Å². The minimum atomic E-state index is -3.06. The van der Waals surface area contributed by atoms with E-state index in [1.54, 1.807) is 6.92 Å². The third-order valence-corrected chi connectivity index (χ3v) is 8.23. The van der Waals surface area contributed by atoms with E-state index in [4.69, 9.17) is 0 Å². The predicted molar refractivity (Wildman–Crippen MR) is 88.6 cm³/mol. The van der Waals surface area contributed by atoms with Crippen molar-refractivity contribution in [1.29, 1.82) is 0 Å². The van der Waals surface area contributed by atoms with Crippen LogP contribution in [-0.2, 0) is 14.6 Å². The molecule has 0 spiro atoms. The highest BCUT2D eigenvalue weighted by molar-refractivity contribution is 7.91. The number of nitrogens with one attached hydrogen (secondary N) is 1. The Morgan fingerprint density at radius 1 is 1.17 bits per heavy atom. The Morgan fingerprint density at radius 3 is 2.52 bits per heavy atom. The molecule has 0 unspecified atom stereocenters. The summed E-state index contributed by atoms with van der Waals surface area (Å²) in [5, 5.41) is 13.8. The maximum atomic E-state index is 12.9. The maximum Gasteiger partial charge on any atom is 0.226 e. The van der Waals surface area contributed by atoms with E-state index in [0.717, 1.165) is 38.5 Å². The highest BCUT2D eigenvalue weighted by Gasteiger charge is 2.64. The van der Waals surface area contributed by atoms with Crippen LogP contribution in [0, 0.1) is 16.7 Å². The molecule has 4 atom stereocenters. The van der Waals surface area contributed by atoms with E-state index in [0.29, 0.717) is 12.3 Å². The maximum absolute atomic E-state index is 12.9. The summed E-state index contributed by atoms with van der Waals surface area (Å²) in [6, 6.07) is 0. The third kappa shape index (κ3) is 3.04. The van der Waals surface area contributed by atoms with Gasteiger partial charge in [0.05, 0.1) is 16.8 Å². The molecular formula is C17H29NO4S. The zero-order valence-electron chi connectivity index (χ0n) is 14.2. The number of hydrogen-bond donors (Lipinski definition) is 2. The van der Waals surface area contributed by atoms with Crippen molar-refractivity contribution < 1.29 is 18.3 Å². The van der Waals surface area contributed by atoms with Crippen LogP contribution in [0.25, 0.3) is 0 Å². The first kappa shape index (κ1) is 17.2. The minimum absolute atomic E-state index is 0.00205. The Bertz CT molecular complexity index is 604. The van der Waals surface area contributed by atoms with Crippen LogP contribution in [0.4, 0.5) is 0 Å². The Kier molecular flexibility index (Phi) is 4.08. The van der Waals surface area contributed by atoms with Crippen molar-refractivity contribution in [2.45, 2.75) is 64.4 Å². The van der Waals surface area contributed by atoms with Crippen LogP contribution >= 0.6 is 0 Å². The molecule has 4 rings (SSSR count). The fraction of sp³-hybridized carbons (Fsp3) is 0.941. The standard InChI is InChI=1S/C17H29NO4S/c1-3-15-7-13-8-16(10-15,12-17(20,9-13)11-15)14(19)18-5-6-23(21,22)4-2/h13,20H,3-12H2,1-2H3,(H,18,19)/t13-,15+,16+,17+/m0/s1. The second kappa shape index (κ2) is 5.45. The second-order valence-corrected chi connectivity index (χ2v) is 10.8. The molecule has 23 heavy (non-hydrogen) atoms. The molecule has 0 saturated heterocycles. The van der Waals surface area contributed by atoms with Gasteiger partial charge in [-0.25, -0.2) is 8.42 Å². The molecule has 4 aliphatic carbocycles. The van der Waals surface area contributed by atoms with E-state index in [-0.39, 0.29) is 29.4 Å². The summed E-state index contributed by atoms with van der Waals surface area (Å²) in [5.74, 6) is 0.498. The van der Waals surface area contributed by atoms with Crippen molar-refractivity contribution in [1.82, 2.24) is 5.32 Å². The first-order valence-corrected chi connectivity index (χ1v) is 10.7. The van der Waals surface area contributed by atoms with Crippen LogP contribution < -0.4 is 5.32 Å². The average molecular weight is 343 g/mol. The SMILES string of the molecule is CC[C@]12C[C@@H]3C[C@@](O)(C1)C[C@@](C(=O)NCCS(=O)(=O)CC)(C3)C2. The highest BCUT2D eigenvalue weighted by Crippen LogP contribution is 2.67. The monoisotopic (exact) mass is 343 g/mol. The summed E-state index contributed by atoms with van der Waals surface area (Å²) in [4.78, 5) is 12.9. The summed E-state index contributed by atoms with van der Waals surface area (Å²) in [5.41, 5.74) is -1.08. The molecule has 4 saturated carbocycles. The number of aliphatic hydroxyl groups is 1. The van der Waals surface area contributed by atoms with Crippen molar-refractivity contribution in [2.24, 2.45) is 16.7 Å². The largest absolute Gasteiger partial charge is 0.390 e. The molecule has 0 aliphatic heterocycles. The molecule has 4 fully saturated rings. The van der Waals surface area contributed by atoms with Gasteiger partial charge in [0.1, 0.15) is 0 Å². The summed E-state index contributed by atoms with van der Waals surface area (Å²) in [7, 11) is -3.06. The van der Waals surface area contributed by atoms with Gasteiger partial charge < -0.3 is 10.4 Å². The highest BCUT2D eigenvalue weighted by atomic mass is 32.2. The number of carbonyl (C=O) groups is 1. The molecule has 0 radical (unpaired) electrons. The smallest absolute Gasteiger partial charge is 0.226 e. The molecule has 0 aromatic rings. The molecule has 0 heterocycles. The Morgan fingerprint density at radius 2 is 1.91 bits per heavy atom. The molecule has 0 aromatic heterocycles. The van der Waals surface area contributed by atoms with E-state index in [1.165, 1.54) is 0 Å². The third-order valence-electron chi connectivity index (χ3n) is 6.52. The van der Waals surface area contributed by atoms with E-state index in [1.807, 2.05) is 0 Å². The molecule has 132 valence electrons. The quantitative estimate of drug-likeness (QED) is 0.768. The number of sulfone groups is 1. The number of amides is 1. The van der Waals surface area contributed by atoms with Gasteiger partial charge >= 0.3 is 0 Å². The average Bonchev–Trinajstić information content (AvgIpc) is 2.44. The molecule has 6 heteroatoms. The Hall–Kier alpha value is -0.620. The van der Waals surface area contributed by atoms with Gasteiger partial charge in [0.2, 0.25) is 5.91 Å². The van der Waals surface area contributed by atoms with Crippen molar-refractivity contribution in [3.05, 3.63) is 0 Å². The van der Waals surface area contributed by atoms with Gasteiger partial charge in [-0.05, 0) is 49.9 Å². The lowest BCUT2D eigenvalue weighted by atomic mass is 9.42. The normalized spacial score (nSPS) is 42.0. The Balaban J connectivity index is 1.73. The van der Waals surface area contributed by atoms with Gasteiger partial charge in [0, 0.05) is 12.3 Å². The van der Waals surface area contributed by atoms with Crippen LogP contribution in [0.3, 0.4) is 0 Å². The molecule has 2 N–H and O–H groups in total. The number of carbonyl (C=O) groups excluding carboxylic acids is 1. The van der Waals surface area contributed by atoms with Crippen LogP contribution in [0.2, 0.25) is 0 Å². The fourth-order valence-corrected chi connectivity index (χ4v) is 6.59. The van der Waals surface area contributed by atoms with Crippen LogP contribution in [0.5, 0.6) is 0 Å². The summed E-state index contributed by atoms with van der Waals surface area (Å²) in [6.07, 6.45) is 6.03. The summed E-state index contributed by atoms with van der Waals surface area (Å²) in [6.45, 7) is 3.96. The number of hydrogen-bond acceptors (Lipinski definition) is 4. The van der Waals surface area contributed by atoms with Crippen LogP contribution in [0.1, 0.15) is 58.8 Å². The molecule has 4 aliphatic rings. The zero-order valence-corrected chi connectivity index (χ0v) is 15.0. The van der Waals surface area contributed by atoms with Crippen molar-refractivity contribution in [2.75, 3.05) is 18.1 Å². The van der Waals surface area contributed by atoms with Gasteiger partial charge in [0.15, 0.2) is 9.84 Å². The van der Waals surface area contributed by atoms with Gasteiger partial charge in [-0.2, -0.15) is 0 Å². The van der Waals surface area contributed by atoms with E-state index >= 15 is 0 Å². The Labute approximate surface area is 139 Å². The van der Waals surface area contributed by atoms with Gasteiger partial charge in [0.25, 0.3) is 0 Å². The van der Waals surface area contributed by atoms with Crippen molar-refractivity contribution >= 4 is 15.7 Å². The molecule has 4 bridgehead atoms. The van der Waals surface area contributed by atoms with E-state index < -0.39 is 20.9 Å². The van der Waals surface area contributed by atoms with Gasteiger partial charge in [-0.1, -0.05) is 20.3 Å². The molecular weight excluding hydrogens is 314 g/mol. The fourth-order valence-electron chi connectivity index (χ4n) is 5.88. The topological polar surface area (TPSA) is 83.5 Å². The van der Waals surface area contributed by atoms with Gasteiger partial charge in [-0.3, -0.25) is 4.79 Å². The minimum Gasteiger partial charge on any atom is -0.390 e. The van der Waals surface area contributed by atoms with Gasteiger partial charge in [-0.15, -0.1) is 0 Å². The first-order chi connectivity index (χ1) is 10.7. The van der Waals surface area contributed by atoms with Crippen LogP contribution in [0.15, 0.2) is 0 Å². The molecule has 0 aromatic carbocycles. The van der Waals surface area contributed by atoms with E-state index in [9.17, 15) is 18.3 Å².